The van der Waals surface area contributed by atoms with Crippen LogP contribution in [0.2, 0.25) is 5.02 Å². The van der Waals surface area contributed by atoms with Gasteiger partial charge in [0.1, 0.15) is 5.56 Å². The van der Waals surface area contributed by atoms with E-state index in [9.17, 15) is 14.9 Å². The lowest BCUT2D eigenvalue weighted by Crippen LogP contribution is -2.43. The van der Waals surface area contributed by atoms with E-state index in [2.05, 4.69) is 34.3 Å². The molecule has 1 aliphatic rings. The van der Waals surface area contributed by atoms with E-state index in [0.717, 1.165) is 38.3 Å². The molecule has 0 bridgehead atoms. The fourth-order valence-corrected chi connectivity index (χ4v) is 3.39. The first-order valence-electron chi connectivity index (χ1n) is 9.13. The molecule has 1 N–H and O–H groups in total. The fourth-order valence-electron chi connectivity index (χ4n) is 3.23. The largest absolute Gasteiger partial charge is 0.348 e. The molecule has 7 nitrogen and oxygen atoms in total. The second-order valence-electron chi connectivity index (χ2n) is 7.00. The van der Waals surface area contributed by atoms with Crippen LogP contribution in [0.4, 0.5) is 5.69 Å². The molecule has 1 aliphatic heterocycles. The predicted molar refractivity (Wildman–Crippen MR) is 108 cm³/mol. The van der Waals surface area contributed by atoms with Gasteiger partial charge in [-0.15, -0.1) is 0 Å². The number of nitrogens with one attached hydrogen (secondary N) is 1. The number of hydrogen-bond donors (Lipinski definition) is 1. The second kappa shape index (κ2) is 9.14. The maximum atomic E-state index is 12.4. The van der Waals surface area contributed by atoms with Crippen molar-refractivity contribution in [3.8, 4) is 0 Å². The van der Waals surface area contributed by atoms with Crippen LogP contribution in [0.3, 0.4) is 0 Å². The Kier molecular flexibility index (Phi) is 6.61. The van der Waals surface area contributed by atoms with Crippen LogP contribution in [0.1, 0.15) is 21.5 Å². The van der Waals surface area contributed by atoms with Gasteiger partial charge >= 0.3 is 0 Å². The lowest BCUT2D eigenvalue weighted by Gasteiger charge is -2.32. The molecular weight excluding hydrogens is 380 g/mol. The molecule has 0 atom stereocenters. The Labute approximate surface area is 169 Å². The molecule has 0 radical (unpaired) electrons. The van der Waals surface area contributed by atoms with E-state index < -0.39 is 10.8 Å². The van der Waals surface area contributed by atoms with E-state index >= 15 is 0 Å². The number of benzene rings is 2. The van der Waals surface area contributed by atoms with Gasteiger partial charge in [0, 0.05) is 50.4 Å². The zero-order valence-corrected chi connectivity index (χ0v) is 16.5. The Morgan fingerprint density at radius 1 is 1.14 bits per heavy atom. The number of carbonyl (C=O) groups is 1. The molecule has 0 aromatic heterocycles. The summed E-state index contributed by atoms with van der Waals surface area (Å²) in [6.07, 6.45) is 0. The third kappa shape index (κ3) is 5.28. The number of halogens is 1. The molecule has 1 saturated heterocycles. The lowest BCUT2D eigenvalue weighted by molar-refractivity contribution is -0.385. The summed E-state index contributed by atoms with van der Waals surface area (Å²) in [5.74, 6) is -0.493. The van der Waals surface area contributed by atoms with Gasteiger partial charge in [-0.1, -0.05) is 35.9 Å². The highest BCUT2D eigenvalue weighted by molar-refractivity contribution is 6.31. The van der Waals surface area contributed by atoms with E-state index in [-0.39, 0.29) is 16.3 Å². The minimum atomic E-state index is -0.600. The van der Waals surface area contributed by atoms with Crippen LogP contribution >= 0.6 is 11.6 Å². The van der Waals surface area contributed by atoms with Crippen LogP contribution in [-0.2, 0) is 13.1 Å². The number of nitro groups is 1. The summed E-state index contributed by atoms with van der Waals surface area (Å²) in [6, 6.07) is 12.1. The number of nitrogens with zero attached hydrogens (tertiary/aromatic N) is 3. The molecule has 1 heterocycles. The average Bonchev–Trinajstić information content (AvgIpc) is 2.68. The van der Waals surface area contributed by atoms with E-state index in [1.807, 2.05) is 12.1 Å². The molecule has 0 spiro atoms. The van der Waals surface area contributed by atoms with Crippen molar-refractivity contribution in [3.63, 3.8) is 0 Å². The second-order valence-corrected chi connectivity index (χ2v) is 7.44. The molecule has 2 aromatic rings. The van der Waals surface area contributed by atoms with Crippen molar-refractivity contribution < 1.29 is 9.72 Å². The Morgan fingerprint density at radius 2 is 1.86 bits per heavy atom. The Bertz CT molecular complexity index is 866. The summed E-state index contributed by atoms with van der Waals surface area (Å²) in [5, 5.41) is 14.1. The van der Waals surface area contributed by atoms with Gasteiger partial charge in [-0.25, -0.2) is 0 Å². The number of likely N-dealkylation sites (N-methyl/N-ethyl adjacent to an activating group) is 1. The summed E-state index contributed by atoms with van der Waals surface area (Å²) in [5.41, 5.74) is 1.85. The molecule has 2 aromatic carbocycles. The van der Waals surface area contributed by atoms with E-state index in [0.29, 0.717) is 6.54 Å². The van der Waals surface area contributed by atoms with Gasteiger partial charge in [0.25, 0.3) is 11.6 Å². The van der Waals surface area contributed by atoms with E-state index in [1.165, 1.54) is 23.8 Å². The van der Waals surface area contributed by atoms with Gasteiger partial charge < -0.3 is 10.2 Å². The Hall–Kier alpha value is -2.48. The molecule has 1 fully saturated rings. The van der Waals surface area contributed by atoms with Crippen molar-refractivity contribution in [2.24, 2.45) is 0 Å². The summed E-state index contributed by atoms with van der Waals surface area (Å²) < 4.78 is 0. The lowest BCUT2D eigenvalue weighted by atomic mass is 10.1. The van der Waals surface area contributed by atoms with Gasteiger partial charge in [-0.2, -0.15) is 0 Å². The topological polar surface area (TPSA) is 78.7 Å². The number of rotatable bonds is 6. The first-order chi connectivity index (χ1) is 13.4. The van der Waals surface area contributed by atoms with Crippen LogP contribution in [-0.4, -0.2) is 53.9 Å². The van der Waals surface area contributed by atoms with E-state index in [1.54, 1.807) is 0 Å². The number of nitro benzene ring substituents is 1. The maximum Gasteiger partial charge on any atom is 0.283 e. The zero-order valence-electron chi connectivity index (χ0n) is 15.7. The van der Waals surface area contributed by atoms with Gasteiger partial charge in [0.15, 0.2) is 0 Å². The summed E-state index contributed by atoms with van der Waals surface area (Å²) >= 11 is 5.80. The molecule has 8 heteroatoms. The van der Waals surface area contributed by atoms with Crippen LogP contribution in [0, 0.1) is 10.1 Å². The van der Waals surface area contributed by atoms with Crippen LogP contribution < -0.4 is 5.32 Å². The first kappa shape index (κ1) is 20.3. The SMILES string of the molecule is CN1CCN(Cc2cccc(CNC(=O)c3ccc(Cl)cc3[N+](=O)[O-])c2)CC1. The van der Waals surface area contributed by atoms with Crippen molar-refractivity contribution in [1.82, 2.24) is 15.1 Å². The third-order valence-corrected chi connectivity index (χ3v) is 5.08. The van der Waals surface area contributed by atoms with Gasteiger partial charge in [-0.3, -0.25) is 19.8 Å². The highest BCUT2D eigenvalue weighted by Crippen LogP contribution is 2.23. The van der Waals surface area contributed by atoms with Gasteiger partial charge in [0.05, 0.1) is 4.92 Å². The Balaban J connectivity index is 1.62. The van der Waals surface area contributed by atoms with Crippen molar-refractivity contribution in [2.75, 3.05) is 33.2 Å². The summed E-state index contributed by atoms with van der Waals surface area (Å²) in [7, 11) is 2.13. The highest BCUT2D eigenvalue weighted by Gasteiger charge is 2.20. The van der Waals surface area contributed by atoms with Gasteiger partial charge in [-0.05, 0) is 30.3 Å². The normalized spacial score (nSPS) is 15.4. The minimum Gasteiger partial charge on any atom is -0.348 e. The molecule has 1 amide bonds. The molecular formula is C20H23ClN4O3. The summed E-state index contributed by atoms with van der Waals surface area (Å²) in [6.45, 7) is 5.38. The molecule has 0 saturated carbocycles. The van der Waals surface area contributed by atoms with Crippen LogP contribution in [0.5, 0.6) is 0 Å². The standard InChI is InChI=1S/C20H23ClN4O3/c1-23-7-9-24(10-8-23)14-16-4-2-3-15(11-16)13-22-20(26)18-6-5-17(21)12-19(18)25(27)28/h2-6,11-12H,7-10,13-14H2,1H3,(H,22,26). The summed E-state index contributed by atoms with van der Waals surface area (Å²) in [4.78, 5) is 27.7. The minimum absolute atomic E-state index is 0.00277. The van der Waals surface area contributed by atoms with E-state index in [4.69, 9.17) is 11.6 Å². The third-order valence-electron chi connectivity index (χ3n) is 4.85. The average molecular weight is 403 g/mol. The fraction of sp³-hybridized carbons (Fsp3) is 0.350. The van der Waals surface area contributed by atoms with Crippen molar-refractivity contribution >= 4 is 23.2 Å². The quantitative estimate of drug-likeness (QED) is 0.593. The Morgan fingerprint density at radius 3 is 2.57 bits per heavy atom. The highest BCUT2D eigenvalue weighted by atomic mass is 35.5. The van der Waals surface area contributed by atoms with Crippen molar-refractivity contribution in [3.05, 3.63) is 74.3 Å². The van der Waals surface area contributed by atoms with Crippen molar-refractivity contribution in [2.45, 2.75) is 13.1 Å². The maximum absolute atomic E-state index is 12.4. The number of hydrogen-bond acceptors (Lipinski definition) is 5. The number of amides is 1. The van der Waals surface area contributed by atoms with Crippen molar-refractivity contribution in [1.29, 1.82) is 0 Å². The monoisotopic (exact) mass is 402 g/mol. The number of piperazine rings is 1. The zero-order chi connectivity index (χ0) is 20.1. The first-order valence-corrected chi connectivity index (χ1v) is 9.51. The molecule has 3 rings (SSSR count). The number of carbonyl (C=O) groups excluding carboxylic acids is 1. The molecule has 28 heavy (non-hydrogen) atoms. The molecule has 0 aliphatic carbocycles. The molecule has 148 valence electrons. The van der Waals surface area contributed by atoms with Crippen LogP contribution in [0.15, 0.2) is 42.5 Å². The predicted octanol–water partition coefficient (Wildman–Crippen LogP) is 2.93. The smallest absolute Gasteiger partial charge is 0.283 e. The molecule has 0 unspecified atom stereocenters. The van der Waals surface area contributed by atoms with Gasteiger partial charge in [0.2, 0.25) is 0 Å². The van der Waals surface area contributed by atoms with Crippen LogP contribution in [0.25, 0.3) is 0 Å².